The van der Waals surface area contributed by atoms with Crippen LogP contribution in [0.4, 0.5) is 0 Å². The molecule has 55 heavy (non-hydrogen) atoms. The van der Waals surface area contributed by atoms with Gasteiger partial charge in [-0.25, -0.2) is 0 Å². The van der Waals surface area contributed by atoms with E-state index in [-0.39, 0.29) is 80.8 Å². The molecule has 8 bridgehead atoms. The van der Waals surface area contributed by atoms with Crippen molar-refractivity contribution < 1.29 is 12.6 Å². The van der Waals surface area contributed by atoms with Crippen LogP contribution in [0.1, 0.15) is 96.3 Å². The number of hydrogen-bond acceptors (Lipinski definition) is 11. The first-order chi connectivity index (χ1) is 26.5. The van der Waals surface area contributed by atoms with E-state index in [1.54, 1.807) is 0 Å². The van der Waals surface area contributed by atoms with Crippen LogP contribution in [-0.4, -0.2) is 88.8 Å². The van der Waals surface area contributed by atoms with Gasteiger partial charge in [0.25, 0.3) is 0 Å². The van der Waals surface area contributed by atoms with Crippen molar-refractivity contribution >= 4 is 46.7 Å². The predicted molar refractivity (Wildman–Crippen MR) is 216 cm³/mol. The number of rotatable bonds is 3. The SMILES string of the molecule is O=S(=O)(Oc1cccc2ccccc12)C1CCCC2C3NC4NC(NC5NC(NC6NC(NC(N3)C21)C1CCCCC61)C1CCCCC51)C1CCCCC41.[In]. The molecular formula is C42H62InN8O3S. The van der Waals surface area contributed by atoms with Crippen molar-refractivity contribution in [2.24, 2.45) is 47.3 Å². The van der Waals surface area contributed by atoms with Crippen LogP contribution < -0.4 is 46.7 Å². The fourth-order valence-corrected chi connectivity index (χ4v) is 15.5. The average molecular weight is 874 g/mol. The van der Waals surface area contributed by atoms with Gasteiger partial charge in [0.15, 0.2) is 0 Å². The van der Waals surface area contributed by atoms with Crippen LogP contribution in [0.5, 0.6) is 5.75 Å². The van der Waals surface area contributed by atoms with Crippen LogP contribution in [0.25, 0.3) is 10.8 Å². The Balaban J connectivity index is 0.00000372. The number of fused-ring (bicyclic) bond motifs is 21. The van der Waals surface area contributed by atoms with E-state index >= 15 is 0 Å². The second-order valence-corrected chi connectivity index (χ2v) is 20.5. The van der Waals surface area contributed by atoms with Gasteiger partial charge in [0.2, 0.25) is 0 Å². The maximum atomic E-state index is 14.7. The molecule has 0 aromatic heterocycles. The molecule has 5 aliphatic heterocycles. The maximum absolute atomic E-state index is 14.7. The van der Waals surface area contributed by atoms with Crippen molar-refractivity contribution in [1.29, 1.82) is 0 Å². The van der Waals surface area contributed by atoms with Crippen molar-refractivity contribution in [2.75, 3.05) is 0 Å². The summed E-state index contributed by atoms with van der Waals surface area (Å²) in [7, 11) is -3.96. The van der Waals surface area contributed by atoms with Crippen LogP contribution in [0.3, 0.4) is 0 Å². The topological polar surface area (TPSA) is 140 Å². The summed E-state index contributed by atoms with van der Waals surface area (Å²) in [5, 5.41) is 34.4. The van der Waals surface area contributed by atoms with E-state index < -0.39 is 15.4 Å². The van der Waals surface area contributed by atoms with Gasteiger partial charge in [-0.15, -0.1) is 0 Å². The Hall–Kier alpha value is -1.000. The molecule has 9 aliphatic rings. The van der Waals surface area contributed by atoms with Gasteiger partial charge >= 0.3 is 10.1 Å². The zero-order chi connectivity index (χ0) is 36.0. The smallest absolute Gasteiger partial charge is 0.312 e. The molecule has 11 nitrogen and oxygen atoms in total. The minimum absolute atomic E-state index is 0. The third kappa shape index (κ3) is 6.84. The molecule has 8 N–H and O–H groups in total. The quantitative estimate of drug-likeness (QED) is 0.214. The number of nitrogens with one attached hydrogen (secondary N) is 8. The summed E-state index contributed by atoms with van der Waals surface area (Å²) >= 11 is 0. The van der Waals surface area contributed by atoms with Crippen molar-refractivity contribution in [3.63, 3.8) is 0 Å². The molecule has 17 unspecified atom stereocenters. The molecule has 11 rings (SSSR count). The van der Waals surface area contributed by atoms with Gasteiger partial charge in [-0.2, -0.15) is 8.42 Å². The summed E-state index contributed by atoms with van der Waals surface area (Å²) in [6, 6.07) is 13.6. The normalized spacial score (nSPS) is 46.5. The Morgan fingerprint density at radius 1 is 0.436 bits per heavy atom. The fraction of sp³-hybridized carbons (Fsp3) is 0.762. The van der Waals surface area contributed by atoms with Crippen LogP contribution in [0, 0.1) is 47.3 Å². The predicted octanol–water partition coefficient (Wildman–Crippen LogP) is 3.77. The van der Waals surface area contributed by atoms with Gasteiger partial charge in [0.1, 0.15) is 11.0 Å². The standard InChI is InChI=1S/C42H62N8O3S.In/c51-54(52,53-32-21-9-12-23-11-1-2-13-24(23)32)33-22-10-20-31-34(33)42-49-40-30-19-8-7-18-29(30)38(47-40)45-36-26-15-4-3-14-25(26)35(43-36)44-37-27-16-5-6-17-28(27)39(46-37)48-41(31)50-42;/h1-2,9,11-13,21,25-31,33-50H,3-8,10,14-20,22H2;. The molecule has 297 valence electrons. The zero-order valence-corrected chi connectivity index (χ0v) is 36.3. The second kappa shape index (κ2) is 15.6. The minimum atomic E-state index is -3.96. The summed E-state index contributed by atoms with van der Waals surface area (Å²) in [5.74, 6) is 3.95. The Morgan fingerprint density at radius 3 is 1.29 bits per heavy atom. The summed E-state index contributed by atoms with van der Waals surface area (Å²) in [5.41, 5.74) is 0. The van der Waals surface area contributed by atoms with Gasteiger partial charge in [-0.3, -0.25) is 42.5 Å². The Kier molecular flexibility index (Phi) is 10.8. The first kappa shape index (κ1) is 38.2. The van der Waals surface area contributed by atoms with Crippen LogP contribution >= 0.6 is 0 Å². The third-order valence-corrected chi connectivity index (χ3v) is 17.9. The Labute approximate surface area is 346 Å². The van der Waals surface area contributed by atoms with Gasteiger partial charge in [-0.05, 0) is 104 Å². The maximum Gasteiger partial charge on any atom is 0.312 e. The molecule has 4 aliphatic carbocycles. The van der Waals surface area contributed by atoms with Crippen LogP contribution in [0.2, 0.25) is 0 Å². The number of hydrogen-bond donors (Lipinski definition) is 8. The summed E-state index contributed by atoms with van der Waals surface area (Å²) in [6.07, 6.45) is 19.0. The molecule has 5 saturated heterocycles. The van der Waals surface area contributed by atoms with Crippen molar-refractivity contribution in [1.82, 2.24) is 42.5 Å². The zero-order valence-electron chi connectivity index (χ0n) is 32.2. The molecule has 17 atom stereocenters. The van der Waals surface area contributed by atoms with E-state index in [1.807, 2.05) is 42.5 Å². The minimum Gasteiger partial charge on any atom is -0.382 e. The van der Waals surface area contributed by atoms with E-state index in [9.17, 15) is 8.42 Å². The van der Waals surface area contributed by atoms with Gasteiger partial charge in [0, 0.05) is 37.1 Å². The van der Waals surface area contributed by atoms with Crippen molar-refractivity contribution in [3.05, 3.63) is 42.5 Å². The summed E-state index contributed by atoms with van der Waals surface area (Å²) in [4.78, 5) is 0. The molecular weight excluding hydrogens is 811 g/mol. The summed E-state index contributed by atoms with van der Waals surface area (Å²) < 4.78 is 35.5. The van der Waals surface area contributed by atoms with Crippen LogP contribution in [0.15, 0.2) is 42.5 Å². The average Bonchev–Trinajstić information content (AvgIpc) is 3.94. The van der Waals surface area contributed by atoms with E-state index in [1.165, 1.54) is 77.0 Å². The first-order valence-corrected chi connectivity index (χ1v) is 23.5. The molecule has 0 spiro atoms. The van der Waals surface area contributed by atoms with Gasteiger partial charge in [-0.1, -0.05) is 81.3 Å². The van der Waals surface area contributed by atoms with Crippen LogP contribution in [-0.2, 0) is 10.1 Å². The second-order valence-electron chi connectivity index (χ2n) is 18.8. The van der Waals surface area contributed by atoms with Gasteiger partial charge < -0.3 is 4.18 Å². The van der Waals surface area contributed by atoms with E-state index in [4.69, 9.17) is 4.18 Å². The molecule has 2 aromatic carbocycles. The molecule has 2 aromatic rings. The van der Waals surface area contributed by atoms with Crippen molar-refractivity contribution in [2.45, 2.75) is 151 Å². The van der Waals surface area contributed by atoms with Gasteiger partial charge in [0.05, 0.1) is 49.3 Å². The van der Waals surface area contributed by atoms with E-state index in [0.717, 1.165) is 23.6 Å². The van der Waals surface area contributed by atoms with Crippen molar-refractivity contribution in [3.8, 4) is 5.75 Å². The summed E-state index contributed by atoms with van der Waals surface area (Å²) in [6.45, 7) is 0. The molecule has 3 radical (unpaired) electrons. The Bertz CT molecular complexity index is 1800. The molecule has 13 heteroatoms. The monoisotopic (exact) mass is 873 g/mol. The third-order valence-electron chi connectivity index (χ3n) is 16.2. The van der Waals surface area contributed by atoms with E-state index in [0.29, 0.717) is 53.8 Å². The molecule has 5 heterocycles. The fourth-order valence-electron chi connectivity index (χ4n) is 13.8. The number of benzene rings is 2. The molecule has 9 fully saturated rings. The molecule has 4 saturated carbocycles. The largest absolute Gasteiger partial charge is 0.382 e. The first-order valence-electron chi connectivity index (χ1n) is 22.0. The Morgan fingerprint density at radius 2 is 0.818 bits per heavy atom. The molecule has 0 amide bonds. The van der Waals surface area contributed by atoms with E-state index in [2.05, 4.69) is 42.5 Å².